The van der Waals surface area contributed by atoms with Crippen LogP contribution >= 0.6 is 0 Å². The van der Waals surface area contributed by atoms with Crippen LogP contribution in [0.1, 0.15) is 22.4 Å². The average Bonchev–Trinajstić information content (AvgIpc) is 2.78. The Bertz CT molecular complexity index is 1500. The molecule has 0 saturated carbocycles. The van der Waals surface area contributed by atoms with Gasteiger partial charge in [-0.3, -0.25) is 9.59 Å². The van der Waals surface area contributed by atoms with Gasteiger partial charge < -0.3 is 9.72 Å². The van der Waals surface area contributed by atoms with Gasteiger partial charge in [0.1, 0.15) is 34.4 Å². The topological polar surface area (TPSA) is 84.9 Å². The quantitative estimate of drug-likeness (QED) is 0.383. The lowest BCUT2D eigenvalue weighted by molar-refractivity contribution is -0.137. The summed E-state index contributed by atoms with van der Waals surface area (Å²) in [6.07, 6.45) is -4.39. The maximum atomic E-state index is 14.7. The van der Waals surface area contributed by atoms with Crippen LogP contribution in [0.25, 0.3) is 11.2 Å². The predicted molar refractivity (Wildman–Crippen MR) is 115 cm³/mol. The number of ether oxygens (including phenoxy) is 1. The van der Waals surface area contributed by atoms with Gasteiger partial charge in [-0.25, -0.2) is 18.7 Å². The van der Waals surface area contributed by atoms with Crippen molar-refractivity contribution in [1.82, 2.24) is 15.0 Å². The van der Waals surface area contributed by atoms with Gasteiger partial charge in [0.2, 0.25) is 0 Å². The summed E-state index contributed by atoms with van der Waals surface area (Å²) in [6, 6.07) is 6.98. The lowest BCUT2D eigenvalue weighted by atomic mass is 10.00. The second-order valence-corrected chi connectivity index (χ2v) is 7.71. The third-order valence-corrected chi connectivity index (χ3v) is 5.13. The Hall–Kier alpha value is -4.15. The number of nitrogens with one attached hydrogen (secondary N) is 1. The number of aromatic nitrogens is 3. The number of carbonyl (C=O) groups excluding carboxylic acids is 1. The van der Waals surface area contributed by atoms with Crippen molar-refractivity contribution in [2.24, 2.45) is 0 Å². The van der Waals surface area contributed by atoms with Gasteiger partial charge in [-0.15, -0.1) is 0 Å². The molecule has 4 rings (SSSR count). The monoisotopic (exact) mass is 489 g/mol. The van der Waals surface area contributed by atoms with Crippen molar-refractivity contribution in [2.45, 2.75) is 25.9 Å². The zero-order valence-electron chi connectivity index (χ0n) is 18.0. The number of pyridine rings is 1. The molecule has 0 fully saturated rings. The van der Waals surface area contributed by atoms with Crippen LogP contribution in [-0.2, 0) is 23.8 Å². The molecule has 11 heteroatoms. The first-order valence-corrected chi connectivity index (χ1v) is 10.2. The third-order valence-electron chi connectivity index (χ3n) is 5.13. The van der Waals surface area contributed by atoms with Crippen LogP contribution in [0.3, 0.4) is 0 Å². The van der Waals surface area contributed by atoms with E-state index in [0.29, 0.717) is 18.2 Å². The van der Waals surface area contributed by atoms with Gasteiger partial charge >= 0.3 is 6.18 Å². The molecule has 180 valence electrons. The summed E-state index contributed by atoms with van der Waals surface area (Å²) in [4.78, 5) is 34.8. The van der Waals surface area contributed by atoms with E-state index in [4.69, 9.17) is 4.74 Å². The van der Waals surface area contributed by atoms with Gasteiger partial charge in [0.15, 0.2) is 11.4 Å². The van der Waals surface area contributed by atoms with Crippen molar-refractivity contribution in [3.05, 3.63) is 93.0 Å². The predicted octanol–water partition coefficient (Wildman–Crippen LogP) is 5.07. The van der Waals surface area contributed by atoms with Crippen molar-refractivity contribution < 1.29 is 31.5 Å². The standard InChI is InChI=1S/C24H16F5N3O3/c1-12-23(34)32-22-21(31-12)20(6-7-30-22)35-17-4-2-13(19(26)11-17)9-16(33)10-14-8-15(24(27,28)29)3-5-18(14)25/h2-8,11H,9-10H2,1H3,(H,30,32,34). The lowest BCUT2D eigenvalue weighted by Crippen LogP contribution is -2.12. The molecule has 0 aliphatic rings. The minimum absolute atomic E-state index is 0.0346. The molecule has 0 aliphatic carbocycles. The maximum Gasteiger partial charge on any atom is 0.416 e. The van der Waals surface area contributed by atoms with Crippen molar-refractivity contribution in [1.29, 1.82) is 0 Å². The number of alkyl halides is 3. The molecule has 0 saturated heterocycles. The van der Waals surface area contributed by atoms with Crippen molar-refractivity contribution in [3.63, 3.8) is 0 Å². The summed E-state index contributed by atoms with van der Waals surface area (Å²) < 4.78 is 72.8. The molecule has 1 N–H and O–H groups in total. The highest BCUT2D eigenvalue weighted by molar-refractivity contribution is 5.83. The number of hydrogen-bond acceptors (Lipinski definition) is 5. The Morgan fingerprint density at radius 3 is 2.46 bits per heavy atom. The smallest absolute Gasteiger partial charge is 0.416 e. The Morgan fingerprint density at radius 2 is 1.74 bits per heavy atom. The van der Waals surface area contributed by atoms with Gasteiger partial charge in [-0.05, 0) is 42.3 Å². The molecule has 0 radical (unpaired) electrons. The Labute approximate surface area is 194 Å². The normalized spacial score (nSPS) is 11.6. The summed E-state index contributed by atoms with van der Waals surface area (Å²) in [5.41, 5.74) is -1.31. The molecule has 2 aromatic heterocycles. The molecule has 2 heterocycles. The number of H-pyrrole nitrogens is 1. The number of nitrogens with zero attached hydrogens (tertiary/aromatic N) is 2. The van der Waals surface area contributed by atoms with Crippen LogP contribution < -0.4 is 10.3 Å². The van der Waals surface area contributed by atoms with E-state index < -0.39 is 53.1 Å². The van der Waals surface area contributed by atoms with Crippen molar-refractivity contribution in [3.8, 4) is 11.5 Å². The van der Waals surface area contributed by atoms with Crippen LogP contribution in [0.2, 0.25) is 0 Å². The number of rotatable bonds is 6. The first kappa shape index (κ1) is 24.0. The zero-order chi connectivity index (χ0) is 25.3. The van der Waals surface area contributed by atoms with Crippen LogP contribution in [-0.4, -0.2) is 20.7 Å². The van der Waals surface area contributed by atoms with E-state index in [1.165, 1.54) is 31.3 Å². The number of aryl methyl sites for hydroxylation is 1. The first-order valence-electron chi connectivity index (χ1n) is 10.2. The van der Waals surface area contributed by atoms with Gasteiger partial charge in [0.25, 0.3) is 5.56 Å². The summed E-state index contributed by atoms with van der Waals surface area (Å²) in [6.45, 7) is 1.51. The SMILES string of the molecule is Cc1nc2c(Oc3ccc(CC(=O)Cc4cc(C(F)(F)F)ccc4F)c(F)c3)ccnc2[nH]c1=O. The van der Waals surface area contributed by atoms with E-state index in [1.54, 1.807) is 0 Å². The van der Waals surface area contributed by atoms with E-state index in [2.05, 4.69) is 15.0 Å². The average molecular weight is 489 g/mol. The highest BCUT2D eigenvalue weighted by Gasteiger charge is 2.31. The minimum atomic E-state index is -4.68. The molecular formula is C24H16F5N3O3. The van der Waals surface area contributed by atoms with Crippen molar-refractivity contribution >= 4 is 16.9 Å². The molecule has 0 amide bonds. The van der Waals surface area contributed by atoms with Crippen LogP contribution in [0.4, 0.5) is 22.0 Å². The number of aromatic amines is 1. The van der Waals surface area contributed by atoms with Crippen LogP contribution in [0, 0.1) is 18.6 Å². The fourth-order valence-electron chi connectivity index (χ4n) is 3.37. The molecular weight excluding hydrogens is 473 g/mol. The second-order valence-electron chi connectivity index (χ2n) is 7.71. The third kappa shape index (κ3) is 5.34. The molecule has 0 atom stereocenters. The molecule has 0 aliphatic heterocycles. The second kappa shape index (κ2) is 9.24. The minimum Gasteiger partial charge on any atom is -0.455 e. The molecule has 2 aromatic carbocycles. The van der Waals surface area contributed by atoms with Gasteiger partial charge in [-0.1, -0.05) is 6.07 Å². The fraction of sp³-hybridized carbons (Fsp3) is 0.167. The van der Waals surface area contributed by atoms with Crippen molar-refractivity contribution in [2.75, 3.05) is 0 Å². The molecule has 4 aromatic rings. The van der Waals surface area contributed by atoms with E-state index in [0.717, 1.165) is 6.07 Å². The highest BCUT2D eigenvalue weighted by Crippen LogP contribution is 2.31. The summed E-state index contributed by atoms with van der Waals surface area (Å²) in [5, 5.41) is 0. The van der Waals surface area contributed by atoms with E-state index in [-0.39, 0.29) is 33.9 Å². The van der Waals surface area contributed by atoms with E-state index in [9.17, 15) is 31.5 Å². The summed E-state index contributed by atoms with van der Waals surface area (Å²) in [7, 11) is 0. The van der Waals surface area contributed by atoms with Gasteiger partial charge in [0, 0.05) is 31.2 Å². The lowest BCUT2D eigenvalue weighted by Gasteiger charge is -2.11. The number of fused-ring (bicyclic) bond motifs is 1. The van der Waals surface area contributed by atoms with Crippen LogP contribution in [0.15, 0.2) is 53.5 Å². The maximum absolute atomic E-state index is 14.7. The molecule has 0 spiro atoms. The Kier molecular flexibility index (Phi) is 6.33. The number of halogens is 5. The molecule has 0 bridgehead atoms. The number of carbonyl (C=O) groups is 1. The summed E-state index contributed by atoms with van der Waals surface area (Å²) in [5.74, 6) is -2.14. The van der Waals surface area contributed by atoms with Gasteiger partial charge in [0.05, 0.1) is 5.56 Å². The fourth-order valence-corrected chi connectivity index (χ4v) is 3.37. The Balaban J connectivity index is 1.51. The summed E-state index contributed by atoms with van der Waals surface area (Å²) >= 11 is 0. The first-order chi connectivity index (χ1) is 16.5. The van der Waals surface area contributed by atoms with Gasteiger partial charge in [-0.2, -0.15) is 13.2 Å². The van der Waals surface area contributed by atoms with E-state index in [1.807, 2.05) is 0 Å². The number of ketones is 1. The highest BCUT2D eigenvalue weighted by atomic mass is 19.4. The number of benzene rings is 2. The molecule has 0 unspecified atom stereocenters. The molecule has 6 nitrogen and oxygen atoms in total. The molecule has 35 heavy (non-hydrogen) atoms. The van der Waals surface area contributed by atoms with Crippen LogP contribution in [0.5, 0.6) is 11.5 Å². The van der Waals surface area contributed by atoms with E-state index >= 15 is 0 Å². The Morgan fingerprint density at radius 1 is 1.00 bits per heavy atom. The zero-order valence-corrected chi connectivity index (χ0v) is 18.0. The number of hydrogen-bond donors (Lipinski definition) is 1. The largest absolute Gasteiger partial charge is 0.455 e. The number of Topliss-reactive ketones (excluding diaryl/α,β-unsaturated/α-hetero) is 1.